The number of halogens is 1. The van der Waals surface area contributed by atoms with E-state index in [9.17, 15) is 4.79 Å². The number of methoxy groups -OCH3 is 1. The number of carbonyl (C=O) groups excluding carboxylic acids is 1. The molecule has 0 saturated carbocycles. The van der Waals surface area contributed by atoms with Crippen LogP contribution >= 0.6 is 11.6 Å². The third kappa shape index (κ3) is 2.31. The molecule has 0 saturated heterocycles. The molecule has 0 spiro atoms. The number of aromatic nitrogens is 2. The molecule has 3 rings (SSSR count). The van der Waals surface area contributed by atoms with Gasteiger partial charge in [-0.15, -0.1) is 0 Å². The molecule has 1 unspecified atom stereocenters. The van der Waals surface area contributed by atoms with E-state index in [1.807, 2.05) is 35.0 Å². The number of hydrogen-bond acceptors (Lipinski definition) is 3. The van der Waals surface area contributed by atoms with Gasteiger partial charge in [0.25, 0.3) is 0 Å². The van der Waals surface area contributed by atoms with Crippen LogP contribution in [0.5, 0.6) is 0 Å². The zero-order valence-corrected chi connectivity index (χ0v) is 11.9. The predicted octanol–water partition coefficient (Wildman–Crippen LogP) is 3.25. The molecule has 0 radical (unpaired) electrons. The molecule has 1 aliphatic rings. The summed E-state index contributed by atoms with van der Waals surface area (Å²) < 4.78 is 6.91. The third-order valence-corrected chi connectivity index (χ3v) is 3.85. The summed E-state index contributed by atoms with van der Waals surface area (Å²) in [5.41, 5.74) is 1.81. The van der Waals surface area contributed by atoms with Crippen molar-refractivity contribution in [2.24, 2.45) is 0 Å². The number of ether oxygens (including phenoxy) is 1. The number of imidazole rings is 1. The molecule has 1 aromatic heterocycles. The maximum Gasteiger partial charge on any atom is 0.316 e. The summed E-state index contributed by atoms with van der Waals surface area (Å²) in [4.78, 5) is 16.4. The van der Waals surface area contributed by atoms with Gasteiger partial charge >= 0.3 is 5.97 Å². The van der Waals surface area contributed by atoms with Gasteiger partial charge in [-0.25, -0.2) is 4.98 Å². The van der Waals surface area contributed by atoms with Crippen LogP contribution < -0.4 is 0 Å². The molecule has 0 bridgehead atoms. The standard InChI is InChI=1S/C15H15ClN2O2/c1-20-15(19)12-6-3-7-18-9-13(17-14(12)18)10-4-2-5-11(16)8-10/h2,4-5,8-9,12H,3,6-7H2,1H3. The number of fused-ring (bicyclic) bond motifs is 1. The summed E-state index contributed by atoms with van der Waals surface area (Å²) in [6.07, 6.45) is 3.73. The lowest BCUT2D eigenvalue weighted by molar-refractivity contribution is -0.143. The fourth-order valence-corrected chi connectivity index (χ4v) is 2.82. The predicted molar refractivity (Wildman–Crippen MR) is 76.7 cm³/mol. The van der Waals surface area contributed by atoms with Crippen LogP contribution in [0.2, 0.25) is 5.02 Å². The van der Waals surface area contributed by atoms with Gasteiger partial charge < -0.3 is 9.30 Å². The zero-order chi connectivity index (χ0) is 14.1. The van der Waals surface area contributed by atoms with Gasteiger partial charge in [0.1, 0.15) is 11.7 Å². The molecule has 0 N–H and O–H groups in total. The Labute approximate surface area is 122 Å². The maximum atomic E-state index is 11.8. The number of carbonyl (C=O) groups is 1. The minimum Gasteiger partial charge on any atom is -0.468 e. The van der Waals surface area contributed by atoms with Crippen LogP contribution in [0.15, 0.2) is 30.5 Å². The van der Waals surface area contributed by atoms with E-state index in [0.717, 1.165) is 36.5 Å². The van der Waals surface area contributed by atoms with Crippen LogP contribution in [-0.4, -0.2) is 22.6 Å². The monoisotopic (exact) mass is 290 g/mol. The Hall–Kier alpha value is -1.81. The summed E-state index contributed by atoms with van der Waals surface area (Å²) in [5.74, 6) is 0.314. The molecule has 0 amide bonds. The zero-order valence-electron chi connectivity index (χ0n) is 11.2. The van der Waals surface area contributed by atoms with Gasteiger partial charge in [-0.05, 0) is 25.0 Å². The average molecular weight is 291 g/mol. The van der Waals surface area contributed by atoms with E-state index >= 15 is 0 Å². The Balaban J connectivity index is 2.01. The lowest BCUT2D eigenvalue weighted by Crippen LogP contribution is -2.23. The average Bonchev–Trinajstić information content (AvgIpc) is 2.90. The highest BCUT2D eigenvalue weighted by Gasteiger charge is 2.30. The number of nitrogens with zero attached hydrogens (tertiary/aromatic N) is 2. The fourth-order valence-electron chi connectivity index (χ4n) is 2.63. The molecule has 2 heterocycles. The summed E-state index contributed by atoms with van der Waals surface area (Å²) in [6.45, 7) is 0.885. The van der Waals surface area contributed by atoms with E-state index < -0.39 is 0 Å². The van der Waals surface area contributed by atoms with Crippen molar-refractivity contribution in [3.63, 3.8) is 0 Å². The summed E-state index contributed by atoms with van der Waals surface area (Å²) >= 11 is 6.01. The molecule has 4 nitrogen and oxygen atoms in total. The maximum absolute atomic E-state index is 11.8. The first-order chi connectivity index (χ1) is 9.69. The van der Waals surface area contributed by atoms with Gasteiger partial charge in [-0.3, -0.25) is 4.79 Å². The van der Waals surface area contributed by atoms with Crippen LogP contribution in [0.3, 0.4) is 0 Å². The van der Waals surface area contributed by atoms with E-state index in [1.54, 1.807) is 0 Å². The molecule has 20 heavy (non-hydrogen) atoms. The Kier molecular flexibility index (Phi) is 3.49. The largest absolute Gasteiger partial charge is 0.468 e. The van der Waals surface area contributed by atoms with Crippen LogP contribution in [0, 0.1) is 0 Å². The van der Waals surface area contributed by atoms with E-state index in [0.29, 0.717) is 5.02 Å². The number of rotatable bonds is 2. The summed E-state index contributed by atoms with van der Waals surface area (Å²) in [6, 6.07) is 7.57. The van der Waals surface area contributed by atoms with Gasteiger partial charge in [0.15, 0.2) is 0 Å². The van der Waals surface area contributed by atoms with E-state index in [-0.39, 0.29) is 11.9 Å². The van der Waals surface area contributed by atoms with Crippen LogP contribution in [-0.2, 0) is 16.1 Å². The topological polar surface area (TPSA) is 44.1 Å². The van der Waals surface area contributed by atoms with Gasteiger partial charge in [0, 0.05) is 23.3 Å². The van der Waals surface area contributed by atoms with E-state index in [4.69, 9.17) is 16.3 Å². The highest BCUT2D eigenvalue weighted by Crippen LogP contribution is 2.31. The van der Waals surface area contributed by atoms with Gasteiger partial charge in [-0.2, -0.15) is 0 Å². The van der Waals surface area contributed by atoms with Gasteiger partial charge in [0.2, 0.25) is 0 Å². The first kappa shape index (κ1) is 13.2. The van der Waals surface area contributed by atoms with Crippen molar-refractivity contribution in [3.8, 4) is 11.3 Å². The first-order valence-corrected chi connectivity index (χ1v) is 6.97. The number of aryl methyl sites for hydroxylation is 1. The Bertz CT molecular complexity index is 651. The molecule has 1 aliphatic heterocycles. The van der Waals surface area contributed by atoms with E-state index in [2.05, 4.69) is 4.98 Å². The minimum absolute atomic E-state index is 0.214. The number of esters is 1. The lowest BCUT2D eigenvalue weighted by Gasteiger charge is -2.20. The van der Waals surface area contributed by atoms with Crippen molar-refractivity contribution in [2.45, 2.75) is 25.3 Å². The second kappa shape index (κ2) is 5.29. The van der Waals surface area contributed by atoms with Crippen molar-refractivity contribution in [1.82, 2.24) is 9.55 Å². The lowest BCUT2D eigenvalue weighted by atomic mass is 9.99. The molecular weight excluding hydrogens is 276 g/mol. The van der Waals surface area contributed by atoms with E-state index in [1.165, 1.54) is 7.11 Å². The third-order valence-electron chi connectivity index (χ3n) is 3.62. The number of benzene rings is 1. The van der Waals surface area contributed by atoms with Crippen molar-refractivity contribution >= 4 is 17.6 Å². The second-order valence-corrected chi connectivity index (χ2v) is 5.34. The van der Waals surface area contributed by atoms with Crippen LogP contribution in [0.4, 0.5) is 0 Å². The van der Waals surface area contributed by atoms with Crippen LogP contribution in [0.1, 0.15) is 24.6 Å². The summed E-state index contributed by atoms with van der Waals surface area (Å²) in [7, 11) is 1.42. The smallest absolute Gasteiger partial charge is 0.316 e. The van der Waals surface area contributed by atoms with Crippen LogP contribution in [0.25, 0.3) is 11.3 Å². The summed E-state index contributed by atoms with van der Waals surface area (Å²) in [5, 5.41) is 0.679. The highest BCUT2D eigenvalue weighted by atomic mass is 35.5. The number of hydrogen-bond donors (Lipinski definition) is 0. The second-order valence-electron chi connectivity index (χ2n) is 4.91. The van der Waals surface area contributed by atoms with Crippen molar-refractivity contribution in [2.75, 3.05) is 7.11 Å². The van der Waals surface area contributed by atoms with Crippen molar-refractivity contribution in [1.29, 1.82) is 0 Å². The van der Waals surface area contributed by atoms with Crippen molar-refractivity contribution in [3.05, 3.63) is 41.3 Å². The molecule has 2 aromatic rings. The molecule has 0 fully saturated rings. The van der Waals surface area contributed by atoms with Crippen molar-refractivity contribution < 1.29 is 9.53 Å². The highest BCUT2D eigenvalue weighted by molar-refractivity contribution is 6.30. The molecule has 1 aromatic carbocycles. The minimum atomic E-state index is -0.262. The molecule has 104 valence electrons. The molecule has 0 aliphatic carbocycles. The van der Waals surface area contributed by atoms with Gasteiger partial charge in [0.05, 0.1) is 12.8 Å². The Morgan fingerprint density at radius 2 is 2.35 bits per heavy atom. The normalized spacial score (nSPS) is 17.6. The molecule has 5 heteroatoms. The SMILES string of the molecule is COC(=O)C1CCCn2cc(-c3cccc(Cl)c3)nc21. The quantitative estimate of drug-likeness (QED) is 0.798. The molecule has 1 atom stereocenters. The molecular formula is C15H15ClN2O2. The van der Waals surface area contributed by atoms with Gasteiger partial charge in [-0.1, -0.05) is 23.7 Å². The first-order valence-electron chi connectivity index (χ1n) is 6.60. The Morgan fingerprint density at radius 1 is 1.50 bits per heavy atom. The Morgan fingerprint density at radius 3 is 3.10 bits per heavy atom. The fraction of sp³-hybridized carbons (Fsp3) is 0.333.